The number of methoxy groups -OCH3 is 1. The van der Waals surface area contributed by atoms with Crippen molar-refractivity contribution >= 4 is 6.29 Å². The number of phenolic OH excluding ortho intramolecular Hbond substituents is 1. The number of ether oxygens (including phenoxy) is 1. The van der Waals surface area contributed by atoms with Crippen molar-refractivity contribution in [3.8, 4) is 11.5 Å². The van der Waals surface area contributed by atoms with E-state index in [1.807, 2.05) is 0 Å². The summed E-state index contributed by atoms with van der Waals surface area (Å²) in [7, 11) is 1.48. The van der Waals surface area contributed by atoms with E-state index in [0.717, 1.165) is 0 Å². The zero-order chi connectivity index (χ0) is 9.14. The minimum absolute atomic E-state index is 0.109. The fourth-order valence-electron chi connectivity index (χ4n) is 0.955. The Hall–Kier alpha value is -1.51. The molecule has 0 saturated carbocycles. The van der Waals surface area contributed by atoms with Crippen LogP contribution >= 0.6 is 0 Å². The Morgan fingerprint density at radius 3 is 2.67 bits per heavy atom. The van der Waals surface area contributed by atoms with Crippen LogP contribution in [-0.4, -0.2) is 18.5 Å². The molecule has 0 aliphatic carbocycles. The summed E-state index contributed by atoms with van der Waals surface area (Å²) in [6.45, 7) is 1.74. The standard InChI is InChI=1S/C9H10O3/c1-6-3-9(12-2)7(5-10)4-8(6)11/h3-5,11H,1-2H3. The van der Waals surface area contributed by atoms with E-state index in [-0.39, 0.29) is 5.75 Å². The van der Waals surface area contributed by atoms with E-state index >= 15 is 0 Å². The Bertz CT molecular complexity index is 305. The number of aromatic hydroxyl groups is 1. The predicted molar refractivity (Wildman–Crippen MR) is 44.8 cm³/mol. The molecular weight excluding hydrogens is 156 g/mol. The summed E-state index contributed by atoms with van der Waals surface area (Å²) in [6, 6.07) is 3.01. The molecule has 0 heterocycles. The molecule has 1 aromatic carbocycles. The molecule has 0 aliphatic rings. The molecule has 0 unspecified atom stereocenters. The summed E-state index contributed by atoms with van der Waals surface area (Å²) in [6.07, 6.45) is 0.651. The summed E-state index contributed by atoms with van der Waals surface area (Å²) < 4.78 is 4.93. The molecule has 0 radical (unpaired) electrons. The van der Waals surface area contributed by atoms with Gasteiger partial charge in [0.15, 0.2) is 6.29 Å². The lowest BCUT2D eigenvalue weighted by Gasteiger charge is -2.05. The van der Waals surface area contributed by atoms with Crippen LogP contribution in [-0.2, 0) is 0 Å². The van der Waals surface area contributed by atoms with E-state index in [1.54, 1.807) is 13.0 Å². The topological polar surface area (TPSA) is 46.5 Å². The van der Waals surface area contributed by atoms with Gasteiger partial charge in [-0.25, -0.2) is 0 Å². The number of aryl methyl sites for hydroxylation is 1. The number of hydrogen-bond acceptors (Lipinski definition) is 3. The third-order valence-electron chi connectivity index (χ3n) is 1.68. The monoisotopic (exact) mass is 166 g/mol. The van der Waals surface area contributed by atoms with Gasteiger partial charge in [-0.3, -0.25) is 4.79 Å². The molecule has 0 aromatic heterocycles. The molecule has 0 bridgehead atoms. The van der Waals surface area contributed by atoms with E-state index < -0.39 is 0 Å². The average molecular weight is 166 g/mol. The van der Waals surface area contributed by atoms with E-state index in [4.69, 9.17) is 4.74 Å². The van der Waals surface area contributed by atoms with Crippen molar-refractivity contribution in [3.63, 3.8) is 0 Å². The summed E-state index contributed by atoms with van der Waals surface area (Å²) in [4.78, 5) is 10.5. The lowest BCUT2D eigenvalue weighted by Crippen LogP contribution is -1.91. The van der Waals surface area contributed by atoms with Crippen molar-refractivity contribution in [1.29, 1.82) is 0 Å². The van der Waals surface area contributed by atoms with Crippen molar-refractivity contribution in [2.45, 2.75) is 6.92 Å². The van der Waals surface area contributed by atoms with Crippen LogP contribution < -0.4 is 4.74 Å². The molecule has 0 atom stereocenters. The second kappa shape index (κ2) is 3.26. The largest absolute Gasteiger partial charge is 0.508 e. The fourth-order valence-corrected chi connectivity index (χ4v) is 0.955. The third kappa shape index (κ3) is 1.39. The zero-order valence-electron chi connectivity index (χ0n) is 7.00. The first-order valence-corrected chi connectivity index (χ1v) is 3.52. The highest BCUT2D eigenvalue weighted by atomic mass is 16.5. The molecule has 12 heavy (non-hydrogen) atoms. The molecule has 3 heteroatoms. The SMILES string of the molecule is COc1cc(C)c(O)cc1C=O. The molecule has 0 spiro atoms. The number of phenols is 1. The van der Waals surface area contributed by atoms with Crippen molar-refractivity contribution in [3.05, 3.63) is 23.3 Å². The highest BCUT2D eigenvalue weighted by Gasteiger charge is 2.05. The Labute approximate surface area is 70.6 Å². The minimum Gasteiger partial charge on any atom is -0.508 e. The van der Waals surface area contributed by atoms with Gasteiger partial charge in [0, 0.05) is 0 Å². The van der Waals surface area contributed by atoms with Gasteiger partial charge in [-0.15, -0.1) is 0 Å². The number of rotatable bonds is 2. The summed E-state index contributed by atoms with van der Waals surface area (Å²) in [5.41, 5.74) is 1.05. The maximum atomic E-state index is 10.5. The number of benzene rings is 1. The molecule has 1 aromatic rings. The molecular formula is C9H10O3. The van der Waals surface area contributed by atoms with Crippen LogP contribution in [0.1, 0.15) is 15.9 Å². The van der Waals surface area contributed by atoms with Gasteiger partial charge in [0.05, 0.1) is 12.7 Å². The molecule has 0 fully saturated rings. The van der Waals surface area contributed by atoms with Crippen LogP contribution in [0, 0.1) is 6.92 Å². The first-order chi connectivity index (χ1) is 5.69. The minimum atomic E-state index is 0.109. The lowest BCUT2D eigenvalue weighted by molar-refractivity contribution is 0.112. The van der Waals surface area contributed by atoms with Crippen LogP contribution in [0.4, 0.5) is 0 Å². The molecule has 0 aliphatic heterocycles. The first-order valence-electron chi connectivity index (χ1n) is 3.52. The quantitative estimate of drug-likeness (QED) is 0.677. The summed E-state index contributed by atoms with van der Waals surface area (Å²) in [5, 5.41) is 9.24. The molecule has 0 amide bonds. The van der Waals surface area contributed by atoms with Crippen LogP contribution in [0.15, 0.2) is 12.1 Å². The lowest BCUT2D eigenvalue weighted by atomic mass is 10.1. The average Bonchev–Trinajstić information content (AvgIpc) is 2.09. The van der Waals surface area contributed by atoms with Gasteiger partial charge >= 0.3 is 0 Å². The predicted octanol–water partition coefficient (Wildman–Crippen LogP) is 1.52. The van der Waals surface area contributed by atoms with Crippen molar-refractivity contribution in [1.82, 2.24) is 0 Å². The normalized spacial score (nSPS) is 9.50. The van der Waals surface area contributed by atoms with Crippen molar-refractivity contribution < 1.29 is 14.6 Å². The fraction of sp³-hybridized carbons (Fsp3) is 0.222. The smallest absolute Gasteiger partial charge is 0.153 e. The highest BCUT2D eigenvalue weighted by molar-refractivity contribution is 5.80. The Morgan fingerprint density at radius 2 is 2.17 bits per heavy atom. The van der Waals surface area contributed by atoms with Crippen molar-refractivity contribution in [2.24, 2.45) is 0 Å². The van der Waals surface area contributed by atoms with Gasteiger partial charge in [-0.1, -0.05) is 0 Å². The molecule has 64 valence electrons. The molecule has 1 rings (SSSR count). The number of carbonyl (C=O) groups is 1. The Balaban J connectivity index is 3.28. The van der Waals surface area contributed by atoms with Gasteiger partial charge in [-0.05, 0) is 24.6 Å². The first kappa shape index (κ1) is 8.59. The van der Waals surface area contributed by atoms with E-state index in [1.165, 1.54) is 13.2 Å². The summed E-state index contributed by atoms with van der Waals surface area (Å²) >= 11 is 0. The van der Waals surface area contributed by atoms with Crippen LogP contribution in [0.2, 0.25) is 0 Å². The Morgan fingerprint density at radius 1 is 1.50 bits per heavy atom. The number of aldehydes is 1. The molecule has 3 nitrogen and oxygen atoms in total. The van der Waals surface area contributed by atoms with Gasteiger partial charge in [-0.2, -0.15) is 0 Å². The third-order valence-corrected chi connectivity index (χ3v) is 1.68. The maximum absolute atomic E-state index is 10.5. The van der Waals surface area contributed by atoms with Gasteiger partial charge < -0.3 is 9.84 Å². The van der Waals surface area contributed by atoms with Crippen LogP contribution in [0.25, 0.3) is 0 Å². The van der Waals surface area contributed by atoms with Crippen molar-refractivity contribution in [2.75, 3.05) is 7.11 Å². The summed E-state index contributed by atoms with van der Waals surface area (Å²) in [5.74, 6) is 0.596. The van der Waals surface area contributed by atoms with Gasteiger partial charge in [0.2, 0.25) is 0 Å². The Kier molecular flexibility index (Phi) is 2.33. The van der Waals surface area contributed by atoms with E-state index in [2.05, 4.69) is 0 Å². The molecule has 1 N–H and O–H groups in total. The highest BCUT2D eigenvalue weighted by Crippen LogP contribution is 2.25. The van der Waals surface area contributed by atoms with Gasteiger partial charge in [0.25, 0.3) is 0 Å². The number of carbonyl (C=O) groups excluding carboxylic acids is 1. The number of hydrogen-bond donors (Lipinski definition) is 1. The molecule has 0 saturated heterocycles. The second-order valence-electron chi connectivity index (χ2n) is 2.50. The van der Waals surface area contributed by atoms with Gasteiger partial charge in [0.1, 0.15) is 11.5 Å². The van der Waals surface area contributed by atoms with Crippen LogP contribution in [0.3, 0.4) is 0 Å². The van der Waals surface area contributed by atoms with E-state index in [0.29, 0.717) is 23.2 Å². The zero-order valence-corrected chi connectivity index (χ0v) is 7.00. The van der Waals surface area contributed by atoms with E-state index in [9.17, 15) is 9.90 Å². The maximum Gasteiger partial charge on any atom is 0.153 e. The second-order valence-corrected chi connectivity index (χ2v) is 2.50. The van der Waals surface area contributed by atoms with Crippen LogP contribution in [0.5, 0.6) is 11.5 Å².